The molecule has 0 bridgehead atoms. The molecule has 8 heteroatoms. The average molecular weight is 176 g/mol. The van der Waals surface area contributed by atoms with Crippen LogP contribution in [0.1, 0.15) is 0 Å². The van der Waals surface area contributed by atoms with Crippen LogP contribution in [0.2, 0.25) is 0 Å². The fourth-order valence-corrected chi connectivity index (χ4v) is 0.238. The van der Waals surface area contributed by atoms with E-state index in [4.69, 9.17) is 0 Å². The van der Waals surface area contributed by atoms with Gasteiger partial charge in [0, 0.05) is 0 Å². The topological polar surface area (TPSA) is 111 Å². The summed E-state index contributed by atoms with van der Waals surface area (Å²) in [5.41, 5.74) is 2.92. The molecule has 0 radical (unpaired) electrons. The Bertz CT molecular complexity index is 180. The normalized spacial score (nSPS) is 7.67. The van der Waals surface area contributed by atoms with Crippen molar-refractivity contribution in [3.8, 4) is 0 Å². The van der Waals surface area contributed by atoms with Gasteiger partial charge in [0.15, 0.2) is 0 Å². The Labute approximate surface area is 65.7 Å². The third-order valence-corrected chi connectivity index (χ3v) is 0.566. The minimum absolute atomic E-state index is 0.0400. The zero-order chi connectivity index (χ0) is 9.40. The third kappa shape index (κ3) is 3.82. The Morgan fingerprint density at radius 1 is 0.917 bits per heavy atom. The molecule has 0 aromatic rings. The van der Waals surface area contributed by atoms with Crippen LogP contribution < -0.4 is 11.0 Å². The van der Waals surface area contributed by atoms with Crippen molar-refractivity contribution in [1.82, 2.24) is 11.0 Å². The summed E-state index contributed by atoms with van der Waals surface area (Å²) in [6.45, 7) is 0. The van der Waals surface area contributed by atoms with Gasteiger partial charge in [-0.1, -0.05) is 0 Å². The lowest BCUT2D eigenvalue weighted by Gasteiger charge is -1.98. The number of carbonyl (C=O) groups is 4. The summed E-state index contributed by atoms with van der Waals surface area (Å²) in [4.78, 5) is 47.3. The van der Waals surface area contributed by atoms with E-state index in [2.05, 4.69) is 9.68 Å². The maximum Gasteiger partial charge on any atom is 0.443 e. The molecule has 66 valence electrons. The highest BCUT2D eigenvalue weighted by Crippen LogP contribution is 1.76. The monoisotopic (exact) mass is 176 g/mol. The molecule has 2 amide bonds. The zero-order valence-corrected chi connectivity index (χ0v) is 5.60. The van der Waals surface area contributed by atoms with Crippen molar-refractivity contribution in [2.24, 2.45) is 0 Å². The number of amides is 2. The summed E-state index contributed by atoms with van der Waals surface area (Å²) in [6, 6.07) is 0. The van der Waals surface area contributed by atoms with Crippen molar-refractivity contribution in [3.63, 3.8) is 0 Å². The molecule has 0 aromatic heterocycles. The van der Waals surface area contributed by atoms with Gasteiger partial charge in [-0.25, -0.2) is 9.59 Å². The average Bonchev–Trinajstić information content (AvgIpc) is 2.10. The lowest BCUT2D eigenvalue weighted by molar-refractivity contribution is -0.177. The van der Waals surface area contributed by atoms with E-state index in [0.717, 1.165) is 0 Å². The summed E-state index contributed by atoms with van der Waals surface area (Å²) in [5.74, 6) is -2.92. The standard InChI is InChI=1S/C4H4N2O6/c7-1-5-11-3(9)4(10)12-6-2-8/h1-2H,(H,5,7)(H,6,8). The van der Waals surface area contributed by atoms with Crippen molar-refractivity contribution in [2.75, 3.05) is 0 Å². The minimum Gasteiger partial charge on any atom is -0.330 e. The van der Waals surface area contributed by atoms with Crippen LogP contribution in [0.3, 0.4) is 0 Å². The third-order valence-electron chi connectivity index (χ3n) is 0.566. The molecular weight excluding hydrogens is 172 g/mol. The molecule has 0 aliphatic rings. The molecule has 0 fully saturated rings. The highest BCUT2D eigenvalue weighted by atomic mass is 16.7. The molecular formula is C4H4N2O6. The SMILES string of the molecule is O=CNOC(=O)C(=O)ONC=O. The molecule has 2 N–H and O–H groups in total. The molecule has 0 heterocycles. The first kappa shape index (κ1) is 9.88. The highest BCUT2D eigenvalue weighted by molar-refractivity contribution is 6.29. The molecule has 0 saturated heterocycles. The van der Waals surface area contributed by atoms with E-state index in [1.54, 1.807) is 0 Å². The van der Waals surface area contributed by atoms with Crippen LogP contribution in [-0.2, 0) is 28.9 Å². The van der Waals surface area contributed by atoms with Crippen molar-refractivity contribution < 1.29 is 28.9 Å². The first-order valence-electron chi connectivity index (χ1n) is 2.52. The predicted octanol–water partition coefficient (Wildman–Crippen LogP) is -2.61. The second-order valence-corrected chi connectivity index (χ2v) is 1.25. The number of hydrogen-bond acceptors (Lipinski definition) is 6. The van der Waals surface area contributed by atoms with E-state index in [9.17, 15) is 19.2 Å². The van der Waals surface area contributed by atoms with Crippen molar-refractivity contribution in [2.45, 2.75) is 0 Å². The van der Waals surface area contributed by atoms with Crippen LogP contribution in [0.5, 0.6) is 0 Å². The van der Waals surface area contributed by atoms with Crippen LogP contribution in [0, 0.1) is 0 Å². The Balaban J connectivity index is 3.68. The maximum absolute atomic E-state index is 10.3. The summed E-state index contributed by atoms with van der Waals surface area (Å²) in [5, 5.41) is 0. The van der Waals surface area contributed by atoms with Gasteiger partial charge in [-0.2, -0.15) is 11.0 Å². The van der Waals surface area contributed by atoms with Gasteiger partial charge in [0.05, 0.1) is 0 Å². The van der Waals surface area contributed by atoms with Gasteiger partial charge >= 0.3 is 11.9 Å². The molecule has 0 spiro atoms. The van der Waals surface area contributed by atoms with Gasteiger partial charge in [0.1, 0.15) is 0 Å². The summed E-state index contributed by atoms with van der Waals surface area (Å²) in [7, 11) is 0. The van der Waals surface area contributed by atoms with Gasteiger partial charge in [0.25, 0.3) is 0 Å². The van der Waals surface area contributed by atoms with E-state index < -0.39 is 11.9 Å². The first-order valence-corrected chi connectivity index (χ1v) is 2.52. The first-order chi connectivity index (χ1) is 5.72. The quantitative estimate of drug-likeness (QED) is 0.276. The Morgan fingerprint density at radius 2 is 1.25 bits per heavy atom. The molecule has 0 rings (SSSR count). The van der Waals surface area contributed by atoms with E-state index >= 15 is 0 Å². The van der Waals surface area contributed by atoms with E-state index in [-0.39, 0.29) is 12.8 Å². The van der Waals surface area contributed by atoms with Gasteiger partial charge in [-0.3, -0.25) is 9.59 Å². The largest absolute Gasteiger partial charge is 0.443 e. The molecule has 0 atom stereocenters. The molecule has 0 aliphatic heterocycles. The Morgan fingerprint density at radius 3 is 1.50 bits per heavy atom. The Hall–Kier alpha value is -2.12. The minimum atomic E-state index is -1.46. The van der Waals surface area contributed by atoms with E-state index in [1.165, 1.54) is 11.0 Å². The maximum atomic E-state index is 10.3. The van der Waals surface area contributed by atoms with E-state index in [1.807, 2.05) is 0 Å². The van der Waals surface area contributed by atoms with Crippen molar-refractivity contribution in [3.05, 3.63) is 0 Å². The van der Waals surface area contributed by atoms with Crippen LogP contribution in [-0.4, -0.2) is 24.8 Å². The van der Waals surface area contributed by atoms with Gasteiger partial charge < -0.3 is 9.68 Å². The van der Waals surface area contributed by atoms with Crippen molar-refractivity contribution in [1.29, 1.82) is 0 Å². The fraction of sp³-hybridized carbons (Fsp3) is 0. The number of rotatable bonds is 4. The Kier molecular flexibility index (Phi) is 4.65. The number of nitrogens with one attached hydrogen (secondary N) is 2. The number of hydrogen-bond donors (Lipinski definition) is 2. The number of hydroxylamine groups is 2. The smallest absolute Gasteiger partial charge is 0.330 e. The van der Waals surface area contributed by atoms with Crippen LogP contribution >= 0.6 is 0 Å². The summed E-state index contributed by atoms with van der Waals surface area (Å²) in [6.07, 6.45) is 0.0800. The zero-order valence-electron chi connectivity index (χ0n) is 5.60. The molecule has 0 unspecified atom stereocenters. The second-order valence-electron chi connectivity index (χ2n) is 1.25. The lowest BCUT2D eigenvalue weighted by Crippen LogP contribution is -2.30. The summed E-state index contributed by atoms with van der Waals surface area (Å²) < 4.78 is 0. The lowest BCUT2D eigenvalue weighted by atomic mass is 10.7. The summed E-state index contributed by atoms with van der Waals surface area (Å²) >= 11 is 0. The molecule has 8 nitrogen and oxygen atoms in total. The highest BCUT2D eigenvalue weighted by Gasteiger charge is 2.17. The second kappa shape index (κ2) is 5.65. The molecule has 0 saturated carbocycles. The molecule has 0 aromatic carbocycles. The van der Waals surface area contributed by atoms with Crippen LogP contribution in [0.15, 0.2) is 0 Å². The predicted molar refractivity (Wildman–Crippen MR) is 30.6 cm³/mol. The van der Waals surface area contributed by atoms with E-state index in [0.29, 0.717) is 0 Å². The van der Waals surface area contributed by atoms with Gasteiger partial charge in [-0.05, 0) is 0 Å². The fourth-order valence-electron chi connectivity index (χ4n) is 0.238. The van der Waals surface area contributed by atoms with Gasteiger partial charge in [-0.15, -0.1) is 0 Å². The van der Waals surface area contributed by atoms with Crippen LogP contribution in [0.4, 0.5) is 0 Å². The van der Waals surface area contributed by atoms with Gasteiger partial charge in [0.2, 0.25) is 12.8 Å². The van der Waals surface area contributed by atoms with Crippen molar-refractivity contribution >= 4 is 24.8 Å². The number of carbonyl (C=O) groups excluding carboxylic acids is 4. The molecule has 12 heavy (non-hydrogen) atoms. The molecule has 0 aliphatic carbocycles. The van der Waals surface area contributed by atoms with Crippen LogP contribution in [0.25, 0.3) is 0 Å².